The molecule has 1 aliphatic heterocycles. The van der Waals surface area contributed by atoms with Crippen LogP contribution in [0.15, 0.2) is 54.6 Å². The van der Waals surface area contributed by atoms with Gasteiger partial charge in [0.1, 0.15) is 0 Å². The fourth-order valence-electron chi connectivity index (χ4n) is 3.46. The molecule has 4 nitrogen and oxygen atoms in total. The van der Waals surface area contributed by atoms with E-state index in [1.807, 2.05) is 42.5 Å². The van der Waals surface area contributed by atoms with E-state index in [1.54, 1.807) is 0 Å². The van der Waals surface area contributed by atoms with Crippen LogP contribution in [0.3, 0.4) is 0 Å². The lowest BCUT2D eigenvalue weighted by atomic mass is 9.99. The number of carbonyl (C=O) groups excluding carboxylic acids is 1. The molecule has 2 aromatic rings. The normalized spacial score (nSPS) is 18.9. The molecule has 1 aliphatic rings. The first kappa shape index (κ1) is 18.7. The Balaban J connectivity index is 1.67. The minimum absolute atomic E-state index is 0.0845. The summed E-state index contributed by atoms with van der Waals surface area (Å²) >= 11 is 5.99. The second-order valence-electron chi connectivity index (χ2n) is 7.01. The summed E-state index contributed by atoms with van der Waals surface area (Å²) in [6.07, 6.45) is 2.87. The summed E-state index contributed by atoms with van der Waals surface area (Å²) in [6, 6.07) is 17.9. The molecule has 2 N–H and O–H groups in total. The molecule has 0 bridgehead atoms. The number of nitrogens with one attached hydrogen (secondary N) is 2. The SMILES string of the molecule is CN1CCC[C@@H](NC(=O)N[C@H](Cc2ccc(Cl)cc2)c2ccccc2)C1. The van der Waals surface area contributed by atoms with Crippen LogP contribution in [-0.4, -0.2) is 37.1 Å². The summed E-state index contributed by atoms with van der Waals surface area (Å²) in [5, 5.41) is 7.01. The van der Waals surface area contributed by atoms with E-state index in [0.717, 1.165) is 48.5 Å². The summed E-state index contributed by atoms with van der Waals surface area (Å²) in [4.78, 5) is 14.8. The zero-order chi connectivity index (χ0) is 18.4. The number of urea groups is 1. The molecule has 0 saturated carbocycles. The molecule has 26 heavy (non-hydrogen) atoms. The van der Waals surface area contributed by atoms with Gasteiger partial charge in [-0.25, -0.2) is 4.79 Å². The maximum absolute atomic E-state index is 12.6. The van der Waals surface area contributed by atoms with E-state index in [0.29, 0.717) is 0 Å². The van der Waals surface area contributed by atoms with E-state index in [9.17, 15) is 4.79 Å². The monoisotopic (exact) mass is 371 g/mol. The van der Waals surface area contributed by atoms with Gasteiger partial charge in [-0.1, -0.05) is 54.1 Å². The van der Waals surface area contributed by atoms with Gasteiger partial charge in [-0.2, -0.15) is 0 Å². The van der Waals surface area contributed by atoms with Crippen molar-refractivity contribution in [2.24, 2.45) is 0 Å². The van der Waals surface area contributed by atoms with E-state index >= 15 is 0 Å². The fraction of sp³-hybridized carbons (Fsp3) is 0.381. The van der Waals surface area contributed by atoms with Gasteiger partial charge in [0.2, 0.25) is 0 Å². The molecule has 0 unspecified atom stereocenters. The summed E-state index contributed by atoms with van der Waals surface area (Å²) < 4.78 is 0. The third kappa shape index (κ3) is 5.48. The summed E-state index contributed by atoms with van der Waals surface area (Å²) in [5.74, 6) is 0. The molecule has 0 radical (unpaired) electrons. The van der Waals surface area contributed by atoms with Crippen LogP contribution in [-0.2, 0) is 6.42 Å². The molecule has 1 heterocycles. The molecule has 2 aromatic carbocycles. The predicted octanol–water partition coefficient (Wildman–Crippen LogP) is 4.02. The Labute approximate surface area is 160 Å². The molecule has 0 aromatic heterocycles. The maximum Gasteiger partial charge on any atom is 0.315 e. The van der Waals surface area contributed by atoms with Crippen molar-refractivity contribution in [2.75, 3.05) is 20.1 Å². The van der Waals surface area contributed by atoms with Gasteiger partial charge < -0.3 is 15.5 Å². The number of likely N-dealkylation sites (N-methyl/N-ethyl adjacent to an activating group) is 1. The van der Waals surface area contributed by atoms with Crippen molar-refractivity contribution in [1.82, 2.24) is 15.5 Å². The minimum Gasteiger partial charge on any atom is -0.334 e. The van der Waals surface area contributed by atoms with Gasteiger partial charge in [0.05, 0.1) is 6.04 Å². The lowest BCUT2D eigenvalue weighted by Crippen LogP contribution is -2.50. The Morgan fingerprint density at radius 2 is 1.92 bits per heavy atom. The van der Waals surface area contributed by atoms with Gasteiger partial charge in [0.25, 0.3) is 0 Å². The van der Waals surface area contributed by atoms with E-state index < -0.39 is 0 Å². The predicted molar refractivity (Wildman–Crippen MR) is 107 cm³/mol. The van der Waals surface area contributed by atoms with Gasteiger partial charge in [-0.15, -0.1) is 0 Å². The second-order valence-corrected chi connectivity index (χ2v) is 7.45. The van der Waals surface area contributed by atoms with Crippen LogP contribution in [0.25, 0.3) is 0 Å². The Kier molecular flexibility index (Phi) is 6.53. The molecule has 2 amide bonds. The zero-order valence-electron chi connectivity index (χ0n) is 15.1. The number of halogens is 1. The molecule has 2 atom stereocenters. The van der Waals surface area contributed by atoms with Crippen LogP contribution >= 0.6 is 11.6 Å². The summed E-state index contributed by atoms with van der Waals surface area (Å²) in [7, 11) is 2.10. The Morgan fingerprint density at radius 1 is 1.19 bits per heavy atom. The van der Waals surface area contributed by atoms with Crippen LogP contribution < -0.4 is 10.6 Å². The lowest BCUT2D eigenvalue weighted by molar-refractivity contribution is 0.207. The van der Waals surface area contributed by atoms with Gasteiger partial charge in [-0.3, -0.25) is 0 Å². The molecule has 0 spiro atoms. The van der Waals surface area contributed by atoms with Crippen molar-refractivity contribution >= 4 is 17.6 Å². The van der Waals surface area contributed by atoms with Crippen LogP contribution in [0, 0.1) is 0 Å². The molecular formula is C21H26ClN3O. The standard InChI is InChI=1S/C21H26ClN3O/c1-25-13-5-8-19(15-25)23-21(26)24-20(17-6-3-2-4-7-17)14-16-9-11-18(22)12-10-16/h2-4,6-7,9-12,19-20H,5,8,13-15H2,1H3,(H2,23,24,26)/t19-,20-/m1/s1. The van der Waals surface area contributed by atoms with Gasteiger partial charge in [0, 0.05) is 17.6 Å². The number of hydrogen-bond acceptors (Lipinski definition) is 2. The van der Waals surface area contributed by atoms with E-state index in [1.165, 1.54) is 0 Å². The quantitative estimate of drug-likeness (QED) is 0.833. The molecule has 5 heteroatoms. The lowest BCUT2D eigenvalue weighted by Gasteiger charge is -2.31. The third-order valence-corrected chi connectivity index (χ3v) is 5.07. The first-order valence-electron chi connectivity index (χ1n) is 9.15. The Bertz CT molecular complexity index is 705. The topological polar surface area (TPSA) is 44.4 Å². The molecule has 0 aliphatic carbocycles. The second kappa shape index (κ2) is 9.06. The fourth-order valence-corrected chi connectivity index (χ4v) is 3.59. The number of hydrogen-bond donors (Lipinski definition) is 2. The molecule has 3 rings (SSSR count). The number of amides is 2. The number of likely N-dealkylation sites (tertiary alicyclic amines) is 1. The highest BCUT2D eigenvalue weighted by Crippen LogP contribution is 2.20. The zero-order valence-corrected chi connectivity index (χ0v) is 15.9. The smallest absolute Gasteiger partial charge is 0.315 e. The van der Waals surface area contributed by atoms with Crippen molar-refractivity contribution in [3.05, 3.63) is 70.7 Å². The number of piperidine rings is 1. The van der Waals surface area contributed by atoms with Crippen molar-refractivity contribution < 1.29 is 4.79 Å². The third-order valence-electron chi connectivity index (χ3n) is 4.82. The van der Waals surface area contributed by atoms with Gasteiger partial charge >= 0.3 is 6.03 Å². The van der Waals surface area contributed by atoms with Crippen LogP contribution in [0.5, 0.6) is 0 Å². The van der Waals surface area contributed by atoms with Crippen molar-refractivity contribution in [1.29, 1.82) is 0 Å². The first-order valence-corrected chi connectivity index (χ1v) is 9.53. The van der Waals surface area contributed by atoms with Gasteiger partial charge in [0.15, 0.2) is 0 Å². The van der Waals surface area contributed by atoms with Crippen LogP contribution in [0.2, 0.25) is 5.02 Å². The maximum atomic E-state index is 12.6. The summed E-state index contributed by atoms with van der Waals surface area (Å²) in [6.45, 7) is 2.00. The van der Waals surface area contributed by atoms with Crippen LogP contribution in [0.1, 0.15) is 30.0 Å². The van der Waals surface area contributed by atoms with Gasteiger partial charge in [-0.05, 0) is 56.1 Å². The number of benzene rings is 2. The first-order chi connectivity index (χ1) is 12.6. The Morgan fingerprint density at radius 3 is 2.62 bits per heavy atom. The van der Waals surface area contributed by atoms with Crippen molar-refractivity contribution in [3.8, 4) is 0 Å². The highest BCUT2D eigenvalue weighted by Gasteiger charge is 2.21. The summed E-state index contributed by atoms with van der Waals surface area (Å²) in [5.41, 5.74) is 2.24. The molecule has 1 fully saturated rings. The Hall–Kier alpha value is -2.04. The highest BCUT2D eigenvalue weighted by atomic mass is 35.5. The average Bonchev–Trinajstić information content (AvgIpc) is 2.64. The minimum atomic E-state index is -0.104. The number of carbonyl (C=O) groups is 1. The van der Waals surface area contributed by atoms with E-state index in [4.69, 9.17) is 11.6 Å². The van der Waals surface area contributed by atoms with E-state index in [2.05, 4.69) is 34.7 Å². The van der Waals surface area contributed by atoms with Crippen LogP contribution in [0.4, 0.5) is 4.79 Å². The molecular weight excluding hydrogens is 346 g/mol. The highest BCUT2D eigenvalue weighted by molar-refractivity contribution is 6.30. The average molecular weight is 372 g/mol. The van der Waals surface area contributed by atoms with Crippen molar-refractivity contribution in [3.63, 3.8) is 0 Å². The van der Waals surface area contributed by atoms with E-state index in [-0.39, 0.29) is 18.1 Å². The van der Waals surface area contributed by atoms with Crippen molar-refractivity contribution in [2.45, 2.75) is 31.3 Å². The number of nitrogens with zero attached hydrogens (tertiary/aromatic N) is 1. The molecule has 138 valence electrons. The largest absolute Gasteiger partial charge is 0.334 e. The molecule has 1 saturated heterocycles. The number of rotatable bonds is 5.